The minimum Gasteiger partial charge on any atom is -0.489 e. The third-order valence-corrected chi connectivity index (χ3v) is 3.51. The van der Waals surface area contributed by atoms with Gasteiger partial charge in [0.15, 0.2) is 0 Å². The third-order valence-electron chi connectivity index (χ3n) is 3.51. The van der Waals surface area contributed by atoms with Gasteiger partial charge in [-0.2, -0.15) is 5.10 Å². The van der Waals surface area contributed by atoms with Crippen LogP contribution < -0.4 is 10.1 Å². The molecule has 8 nitrogen and oxygen atoms in total. The van der Waals surface area contributed by atoms with E-state index >= 15 is 0 Å². The predicted octanol–water partition coefficient (Wildman–Crippen LogP) is 1.95. The molecule has 2 rings (SSSR count). The number of nitrogens with zero attached hydrogens (tertiary/aromatic N) is 2. The van der Waals surface area contributed by atoms with E-state index in [0.29, 0.717) is 18.0 Å². The number of aromatic nitrogens is 2. The molecule has 2 aromatic rings. The minimum absolute atomic E-state index is 0.0287. The average Bonchev–Trinajstić information content (AvgIpc) is 2.96. The van der Waals surface area contributed by atoms with Crippen LogP contribution in [0.1, 0.15) is 11.3 Å². The SMILES string of the molecule is COC(=O)/C=C(/Nc1ccc(OCc2cn(C)nc2C)cc1)C(=O)OC. The number of ether oxygens (including phenoxy) is 3. The number of carbonyl (C=O) groups is 2. The van der Waals surface area contributed by atoms with E-state index in [9.17, 15) is 9.59 Å². The highest BCUT2D eigenvalue weighted by Crippen LogP contribution is 2.19. The summed E-state index contributed by atoms with van der Waals surface area (Å²) in [6.07, 6.45) is 2.94. The summed E-state index contributed by atoms with van der Waals surface area (Å²) in [7, 11) is 4.31. The Hall–Kier alpha value is -3.29. The molecule has 0 unspecified atom stereocenters. The van der Waals surface area contributed by atoms with Gasteiger partial charge in [0.05, 0.1) is 26.0 Å². The lowest BCUT2D eigenvalue weighted by Crippen LogP contribution is -2.15. The maximum absolute atomic E-state index is 11.7. The number of methoxy groups -OCH3 is 2. The summed E-state index contributed by atoms with van der Waals surface area (Å²) in [6.45, 7) is 2.33. The van der Waals surface area contributed by atoms with E-state index in [1.807, 2.05) is 20.2 Å². The van der Waals surface area contributed by atoms with Crippen molar-refractivity contribution in [2.45, 2.75) is 13.5 Å². The molecule has 1 aromatic heterocycles. The predicted molar refractivity (Wildman–Crippen MR) is 94.5 cm³/mol. The second-order valence-electron chi connectivity index (χ2n) is 5.42. The van der Waals surface area contributed by atoms with Crippen molar-refractivity contribution in [2.75, 3.05) is 19.5 Å². The van der Waals surface area contributed by atoms with Gasteiger partial charge in [0.2, 0.25) is 0 Å². The van der Waals surface area contributed by atoms with Gasteiger partial charge < -0.3 is 19.5 Å². The van der Waals surface area contributed by atoms with E-state index < -0.39 is 11.9 Å². The van der Waals surface area contributed by atoms with Crippen molar-refractivity contribution in [1.29, 1.82) is 0 Å². The van der Waals surface area contributed by atoms with Crippen molar-refractivity contribution in [1.82, 2.24) is 9.78 Å². The van der Waals surface area contributed by atoms with Gasteiger partial charge in [0, 0.05) is 24.5 Å². The highest BCUT2D eigenvalue weighted by molar-refractivity contribution is 5.98. The van der Waals surface area contributed by atoms with Gasteiger partial charge in [-0.15, -0.1) is 0 Å². The van der Waals surface area contributed by atoms with Gasteiger partial charge in [-0.1, -0.05) is 0 Å². The fourth-order valence-electron chi connectivity index (χ4n) is 2.17. The van der Waals surface area contributed by atoms with Crippen LogP contribution in [-0.4, -0.2) is 35.9 Å². The van der Waals surface area contributed by atoms with Gasteiger partial charge in [0.25, 0.3) is 0 Å². The number of anilines is 1. The number of esters is 2. The van der Waals surface area contributed by atoms with E-state index in [1.165, 1.54) is 14.2 Å². The van der Waals surface area contributed by atoms with Gasteiger partial charge in [-0.25, -0.2) is 9.59 Å². The number of rotatable bonds is 7. The molecule has 0 bridgehead atoms. The normalized spacial score (nSPS) is 11.0. The topological polar surface area (TPSA) is 91.7 Å². The summed E-state index contributed by atoms with van der Waals surface area (Å²) in [5.41, 5.74) is 2.49. The molecular weight excluding hydrogens is 338 g/mol. The highest BCUT2D eigenvalue weighted by atomic mass is 16.5. The molecule has 0 amide bonds. The molecule has 8 heteroatoms. The molecule has 26 heavy (non-hydrogen) atoms. The first kappa shape index (κ1) is 19.0. The molecule has 0 atom stereocenters. The van der Waals surface area contributed by atoms with Gasteiger partial charge in [0.1, 0.15) is 18.1 Å². The Morgan fingerprint density at radius 2 is 1.88 bits per heavy atom. The van der Waals surface area contributed by atoms with Crippen molar-refractivity contribution in [3.63, 3.8) is 0 Å². The standard InChI is InChI=1S/C18H21N3O5/c1-12-13(10-21(2)20-12)11-26-15-7-5-14(6-8-15)19-16(18(23)25-4)9-17(22)24-3/h5-10,19H,11H2,1-4H3/b16-9+. The van der Waals surface area contributed by atoms with Crippen LogP contribution >= 0.6 is 0 Å². The maximum atomic E-state index is 11.7. The monoisotopic (exact) mass is 359 g/mol. The highest BCUT2D eigenvalue weighted by Gasteiger charge is 2.13. The fourth-order valence-corrected chi connectivity index (χ4v) is 2.17. The lowest BCUT2D eigenvalue weighted by Gasteiger charge is -2.10. The third kappa shape index (κ3) is 5.10. The number of hydrogen-bond acceptors (Lipinski definition) is 7. The van der Waals surface area contributed by atoms with Crippen LogP contribution in [-0.2, 0) is 32.7 Å². The lowest BCUT2D eigenvalue weighted by molar-refractivity contribution is -0.138. The van der Waals surface area contributed by atoms with E-state index in [2.05, 4.69) is 19.9 Å². The van der Waals surface area contributed by atoms with E-state index in [0.717, 1.165) is 17.3 Å². The number of nitrogens with one attached hydrogen (secondary N) is 1. The summed E-state index contributed by atoms with van der Waals surface area (Å²) in [5.74, 6) is -0.678. The Bertz CT molecular complexity index is 809. The Kier molecular flexibility index (Phi) is 6.37. The average molecular weight is 359 g/mol. The van der Waals surface area contributed by atoms with Crippen LogP contribution in [0.5, 0.6) is 5.75 Å². The van der Waals surface area contributed by atoms with Crippen LogP contribution in [0.25, 0.3) is 0 Å². The smallest absolute Gasteiger partial charge is 0.354 e. The molecule has 1 heterocycles. The van der Waals surface area contributed by atoms with Crippen LogP contribution in [0.4, 0.5) is 5.69 Å². The fraction of sp³-hybridized carbons (Fsp3) is 0.278. The molecule has 0 radical (unpaired) electrons. The summed E-state index contributed by atoms with van der Waals surface area (Å²) in [5, 5.41) is 7.09. The molecular formula is C18H21N3O5. The van der Waals surface area contributed by atoms with Crippen LogP contribution in [0, 0.1) is 6.92 Å². The maximum Gasteiger partial charge on any atom is 0.354 e. The second kappa shape index (κ2) is 8.70. The molecule has 0 aliphatic carbocycles. The lowest BCUT2D eigenvalue weighted by atomic mass is 10.2. The van der Waals surface area contributed by atoms with Gasteiger partial charge in [-0.05, 0) is 31.2 Å². The molecule has 0 saturated carbocycles. The zero-order chi connectivity index (χ0) is 19.1. The summed E-state index contributed by atoms with van der Waals surface area (Å²) in [6, 6.07) is 6.95. The Labute approximate surface area is 151 Å². The van der Waals surface area contributed by atoms with Crippen LogP contribution in [0.2, 0.25) is 0 Å². The molecule has 0 saturated heterocycles. The van der Waals surface area contributed by atoms with Crippen molar-refractivity contribution < 1.29 is 23.8 Å². The second-order valence-corrected chi connectivity index (χ2v) is 5.42. The van der Waals surface area contributed by atoms with E-state index in [-0.39, 0.29) is 5.70 Å². The molecule has 0 fully saturated rings. The molecule has 1 aromatic carbocycles. The van der Waals surface area contributed by atoms with E-state index in [1.54, 1.807) is 28.9 Å². The number of benzene rings is 1. The van der Waals surface area contributed by atoms with Crippen LogP contribution in [0.15, 0.2) is 42.2 Å². The number of carbonyl (C=O) groups excluding carboxylic acids is 2. The number of hydrogen-bond donors (Lipinski definition) is 1. The van der Waals surface area contributed by atoms with Gasteiger partial charge in [-0.3, -0.25) is 4.68 Å². The molecule has 0 spiro atoms. The van der Waals surface area contributed by atoms with Crippen molar-refractivity contribution in [2.24, 2.45) is 7.05 Å². The van der Waals surface area contributed by atoms with Gasteiger partial charge >= 0.3 is 11.9 Å². The number of aryl methyl sites for hydroxylation is 2. The van der Waals surface area contributed by atoms with E-state index in [4.69, 9.17) is 4.74 Å². The zero-order valence-electron chi connectivity index (χ0n) is 15.1. The molecule has 0 aliphatic rings. The molecule has 1 N–H and O–H groups in total. The minimum atomic E-state index is -0.678. The first-order valence-electron chi connectivity index (χ1n) is 7.80. The first-order chi connectivity index (χ1) is 12.4. The largest absolute Gasteiger partial charge is 0.489 e. The van der Waals surface area contributed by atoms with Crippen molar-refractivity contribution >= 4 is 17.6 Å². The Morgan fingerprint density at radius 1 is 1.19 bits per heavy atom. The first-order valence-corrected chi connectivity index (χ1v) is 7.80. The molecule has 0 aliphatic heterocycles. The molecule has 138 valence electrons. The summed E-state index contributed by atoms with van der Waals surface area (Å²) < 4.78 is 16.6. The summed E-state index contributed by atoms with van der Waals surface area (Å²) >= 11 is 0. The van der Waals surface area contributed by atoms with Crippen molar-refractivity contribution in [3.8, 4) is 5.75 Å². The van der Waals surface area contributed by atoms with Crippen molar-refractivity contribution in [3.05, 3.63) is 53.5 Å². The quantitative estimate of drug-likeness (QED) is 0.597. The Morgan fingerprint density at radius 3 is 2.42 bits per heavy atom. The van der Waals surface area contributed by atoms with Crippen LogP contribution in [0.3, 0.4) is 0 Å². The zero-order valence-corrected chi connectivity index (χ0v) is 15.1. The Balaban J connectivity index is 2.03. The summed E-state index contributed by atoms with van der Waals surface area (Å²) in [4.78, 5) is 23.1.